The molecule has 0 bridgehead atoms. The molecule has 4 nitrogen and oxygen atoms in total. The molecule has 0 aliphatic heterocycles. The van der Waals surface area contributed by atoms with Gasteiger partial charge in [-0.3, -0.25) is 9.48 Å². The van der Waals surface area contributed by atoms with Crippen LogP contribution in [0.4, 0.5) is 0 Å². The number of rotatable bonds is 2. The van der Waals surface area contributed by atoms with Crippen molar-refractivity contribution in [3.05, 3.63) is 64.7 Å². The third kappa shape index (κ3) is 1.72. The van der Waals surface area contributed by atoms with Crippen LogP contribution < -0.4 is 5.56 Å². The number of benzene rings is 1. The van der Waals surface area contributed by atoms with Gasteiger partial charge in [-0.25, -0.2) is 0 Å². The summed E-state index contributed by atoms with van der Waals surface area (Å²) in [5.74, 6) is 0. The Morgan fingerprint density at radius 1 is 1.17 bits per heavy atom. The van der Waals surface area contributed by atoms with Crippen molar-refractivity contribution >= 4 is 10.9 Å². The van der Waals surface area contributed by atoms with Crippen LogP contribution in [0.3, 0.4) is 0 Å². The minimum absolute atomic E-state index is 0.0251. The topological polar surface area (TPSA) is 39.8 Å². The molecule has 2 heterocycles. The first-order chi connectivity index (χ1) is 8.75. The van der Waals surface area contributed by atoms with Crippen molar-refractivity contribution < 1.29 is 0 Å². The molecule has 3 aromatic rings. The fourth-order valence-electron chi connectivity index (χ4n) is 2.09. The third-order valence-electron chi connectivity index (χ3n) is 3.07. The second kappa shape index (κ2) is 4.14. The maximum Gasteiger partial charge on any atom is 0.255 e. The molecule has 0 aliphatic rings. The first kappa shape index (κ1) is 10.8. The number of aromatic nitrogens is 3. The van der Waals surface area contributed by atoms with E-state index in [9.17, 15) is 4.79 Å². The van der Waals surface area contributed by atoms with Crippen LogP contribution >= 0.6 is 0 Å². The van der Waals surface area contributed by atoms with Gasteiger partial charge in [-0.15, -0.1) is 0 Å². The second-order valence-electron chi connectivity index (χ2n) is 4.31. The zero-order valence-electron chi connectivity index (χ0n) is 10.1. The SMILES string of the molecule is Cn1cccc(Cn2ncc3ccccc32)c1=O. The van der Waals surface area contributed by atoms with Crippen LogP contribution in [0.2, 0.25) is 0 Å². The van der Waals surface area contributed by atoms with Crippen LogP contribution in [-0.4, -0.2) is 14.3 Å². The summed E-state index contributed by atoms with van der Waals surface area (Å²) in [5, 5.41) is 5.42. The van der Waals surface area contributed by atoms with Gasteiger partial charge in [0.25, 0.3) is 5.56 Å². The molecule has 4 heteroatoms. The van der Waals surface area contributed by atoms with E-state index < -0.39 is 0 Å². The molecular formula is C14H13N3O. The van der Waals surface area contributed by atoms with Crippen molar-refractivity contribution in [2.75, 3.05) is 0 Å². The summed E-state index contributed by atoms with van der Waals surface area (Å²) in [6.45, 7) is 0.501. The van der Waals surface area contributed by atoms with E-state index in [1.165, 1.54) is 0 Å². The number of nitrogens with zero attached hydrogens (tertiary/aromatic N) is 3. The molecule has 0 saturated carbocycles. The number of hydrogen-bond donors (Lipinski definition) is 0. The Kier molecular flexibility index (Phi) is 2.48. The Labute approximate surface area is 104 Å². The molecule has 18 heavy (non-hydrogen) atoms. The molecule has 1 aromatic carbocycles. The van der Waals surface area contributed by atoms with E-state index in [1.54, 1.807) is 17.8 Å². The minimum Gasteiger partial charge on any atom is -0.318 e. The second-order valence-corrected chi connectivity index (χ2v) is 4.31. The Morgan fingerprint density at radius 2 is 2.00 bits per heavy atom. The lowest BCUT2D eigenvalue weighted by Crippen LogP contribution is -2.21. The quantitative estimate of drug-likeness (QED) is 0.684. The molecule has 90 valence electrons. The van der Waals surface area contributed by atoms with Crippen molar-refractivity contribution in [1.82, 2.24) is 14.3 Å². The molecule has 0 atom stereocenters. The van der Waals surface area contributed by atoms with E-state index in [1.807, 2.05) is 47.3 Å². The predicted molar refractivity (Wildman–Crippen MR) is 70.5 cm³/mol. The Bertz CT molecular complexity index is 755. The third-order valence-corrected chi connectivity index (χ3v) is 3.07. The summed E-state index contributed by atoms with van der Waals surface area (Å²) in [6.07, 6.45) is 3.58. The van der Waals surface area contributed by atoms with Gasteiger partial charge in [0.2, 0.25) is 0 Å². The highest BCUT2D eigenvalue weighted by Gasteiger charge is 2.05. The summed E-state index contributed by atoms with van der Waals surface area (Å²) in [7, 11) is 1.76. The highest BCUT2D eigenvalue weighted by Crippen LogP contribution is 2.13. The van der Waals surface area contributed by atoms with Crippen LogP contribution in [0.5, 0.6) is 0 Å². The normalized spacial score (nSPS) is 10.9. The van der Waals surface area contributed by atoms with E-state index in [0.29, 0.717) is 6.54 Å². The van der Waals surface area contributed by atoms with E-state index in [2.05, 4.69) is 5.10 Å². The zero-order valence-corrected chi connectivity index (χ0v) is 10.1. The van der Waals surface area contributed by atoms with E-state index >= 15 is 0 Å². The molecule has 0 radical (unpaired) electrons. The Hall–Kier alpha value is -2.36. The minimum atomic E-state index is 0.0251. The van der Waals surface area contributed by atoms with Gasteiger partial charge in [0, 0.05) is 24.2 Å². The smallest absolute Gasteiger partial charge is 0.255 e. The fourth-order valence-corrected chi connectivity index (χ4v) is 2.09. The fraction of sp³-hybridized carbons (Fsp3) is 0.143. The maximum atomic E-state index is 12.0. The first-order valence-electron chi connectivity index (χ1n) is 5.81. The van der Waals surface area contributed by atoms with E-state index in [-0.39, 0.29) is 5.56 Å². The molecule has 0 unspecified atom stereocenters. The van der Waals surface area contributed by atoms with Crippen LogP contribution in [0.15, 0.2) is 53.6 Å². The number of hydrogen-bond acceptors (Lipinski definition) is 2. The summed E-state index contributed by atoms with van der Waals surface area (Å²) in [4.78, 5) is 12.0. The molecule has 0 fully saturated rings. The Balaban J connectivity index is 2.07. The molecular weight excluding hydrogens is 226 g/mol. The number of fused-ring (bicyclic) bond motifs is 1. The molecule has 0 aliphatic carbocycles. The van der Waals surface area contributed by atoms with Gasteiger partial charge >= 0.3 is 0 Å². The standard InChI is InChI=1S/C14H13N3O/c1-16-8-4-6-12(14(16)18)10-17-13-7-3-2-5-11(13)9-15-17/h2-9H,10H2,1H3. The number of para-hydroxylation sites is 1. The largest absolute Gasteiger partial charge is 0.318 e. The van der Waals surface area contributed by atoms with Crippen molar-refractivity contribution in [2.24, 2.45) is 7.05 Å². The number of pyridine rings is 1. The zero-order chi connectivity index (χ0) is 12.5. The summed E-state index contributed by atoms with van der Waals surface area (Å²) in [5.41, 5.74) is 1.81. The molecule has 0 amide bonds. The van der Waals surface area contributed by atoms with Crippen molar-refractivity contribution in [3.63, 3.8) is 0 Å². The van der Waals surface area contributed by atoms with E-state index in [4.69, 9.17) is 0 Å². The van der Waals surface area contributed by atoms with Gasteiger partial charge in [0.1, 0.15) is 0 Å². The van der Waals surface area contributed by atoms with Gasteiger partial charge in [0.05, 0.1) is 18.3 Å². The van der Waals surface area contributed by atoms with Crippen LogP contribution in [0.1, 0.15) is 5.56 Å². The average molecular weight is 239 g/mol. The van der Waals surface area contributed by atoms with Crippen molar-refractivity contribution in [1.29, 1.82) is 0 Å². The Morgan fingerprint density at radius 3 is 2.89 bits per heavy atom. The average Bonchev–Trinajstić information content (AvgIpc) is 2.79. The maximum absolute atomic E-state index is 12.0. The molecule has 3 rings (SSSR count). The van der Waals surface area contributed by atoms with Crippen LogP contribution in [-0.2, 0) is 13.6 Å². The van der Waals surface area contributed by atoms with E-state index in [0.717, 1.165) is 16.5 Å². The molecule has 0 spiro atoms. The predicted octanol–water partition coefficient (Wildman–Crippen LogP) is 1.78. The van der Waals surface area contributed by atoms with Gasteiger partial charge in [-0.05, 0) is 12.1 Å². The van der Waals surface area contributed by atoms with Crippen LogP contribution in [0.25, 0.3) is 10.9 Å². The van der Waals surface area contributed by atoms with Gasteiger partial charge < -0.3 is 4.57 Å². The van der Waals surface area contributed by atoms with Crippen molar-refractivity contribution in [2.45, 2.75) is 6.54 Å². The highest BCUT2D eigenvalue weighted by atomic mass is 16.1. The van der Waals surface area contributed by atoms with Gasteiger partial charge in [-0.2, -0.15) is 5.10 Å². The van der Waals surface area contributed by atoms with Crippen molar-refractivity contribution in [3.8, 4) is 0 Å². The summed E-state index contributed by atoms with van der Waals surface area (Å²) in [6, 6.07) is 11.7. The lowest BCUT2D eigenvalue weighted by molar-refractivity contribution is 0.693. The van der Waals surface area contributed by atoms with Gasteiger partial charge in [0.15, 0.2) is 0 Å². The molecule has 2 aromatic heterocycles. The monoisotopic (exact) mass is 239 g/mol. The number of aryl methyl sites for hydroxylation is 1. The lowest BCUT2D eigenvalue weighted by atomic mass is 10.2. The lowest BCUT2D eigenvalue weighted by Gasteiger charge is -2.05. The summed E-state index contributed by atoms with van der Waals surface area (Å²) >= 11 is 0. The van der Waals surface area contributed by atoms with Gasteiger partial charge in [-0.1, -0.05) is 24.3 Å². The van der Waals surface area contributed by atoms with Crippen LogP contribution in [0, 0.1) is 0 Å². The molecule has 0 N–H and O–H groups in total. The summed E-state index contributed by atoms with van der Waals surface area (Å²) < 4.78 is 3.44. The first-order valence-corrected chi connectivity index (χ1v) is 5.81. The molecule has 0 saturated heterocycles. The highest BCUT2D eigenvalue weighted by molar-refractivity contribution is 5.78.